The van der Waals surface area contributed by atoms with Crippen molar-refractivity contribution in [1.82, 2.24) is 0 Å². The number of benzene rings is 2. The first-order chi connectivity index (χ1) is 10.0. The molecule has 0 heterocycles. The van der Waals surface area contributed by atoms with E-state index in [1.165, 1.54) is 37.4 Å². The van der Waals surface area contributed by atoms with E-state index in [0.717, 1.165) is 0 Å². The molecule has 2 aromatic rings. The fourth-order valence-corrected chi connectivity index (χ4v) is 2.00. The molecule has 0 fully saturated rings. The first-order valence-corrected chi connectivity index (χ1v) is 6.44. The van der Waals surface area contributed by atoms with Crippen LogP contribution in [-0.2, 0) is 4.74 Å². The number of rotatable bonds is 4. The Hall–Kier alpha value is -2.46. The average Bonchev–Trinajstić information content (AvgIpc) is 2.53. The Morgan fingerprint density at radius 2 is 1.38 bits per heavy atom. The van der Waals surface area contributed by atoms with Crippen LogP contribution in [0.1, 0.15) is 36.6 Å². The molecule has 2 rings (SSSR count). The second-order valence-corrected chi connectivity index (χ2v) is 4.56. The number of esters is 1. The first-order valence-electron chi connectivity index (χ1n) is 6.06. The molecule has 0 amide bonds. The minimum absolute atomic E-state index is 0.197. The zero-order chi connectivity index (χ0) is 15.4. The molecule has 0 bridgehead atoms. The van der Waals surface area contributed by atoms with Crippen molar-refractivity contribution >= 4 is 28.6 Å². The second kappa shape index (κ2) is 6.33. The van der Waals surface area contributed by atoms with E-state index in [2.05, 4.69) is 4.74 Å². The monoisotopic (exact) mass is 302 g/mol. The summed E-state index contributed by atoms with van der Waals surface area (Å²) in [7, 11) is 1.25. The lowest BCUT2D eigenvalue weighted by molar-refractivity contribution is 0.0597. The van der Waals surface area contributed by atoms with Crippen molar-refractivity contribution in [3.63, 3.8) is 0 Å². The molecule has 0 aromatic heterocycles. The van der Waals surface area contributed by atoms with Crippen molar-refractivity contribution in [3.05, 3.63) is 70.8 Å². The van der Waals surface area contributed by atoms with Gasteiger partial charge >= 0.3 is 5.97 Å². The number of hydrogen-bond donors (Lipinski definition) is 0. The quantitative estimate of drug-likeness (QED) is 0.495. The van der Waals surface area contributed by atoms with E-state index in [4.69, 9.17) is 11.6 Å². The molecule has 0 atom stereocenters. The summed E-state index contributed by atoms with van der Waals surface area (Å²) in [6.45, 7) is 0. The van der Waals surface area contributed by atoms with Gasteiger partial charge in [-0.15, -0.1) is 0 Å². The minimum Gasteiger partial charge on any atom is -0.465 e. The SMILES string of the molecule is COC(=O)c1ccccc1C(=O)c1ccc(C(=O)Cl)cc1. The molecule has 5 heteroatoms. The highest BCUT2D eigenvalue weighted by Crippen LogP contribution is 2.16. The van der Waals surface area contributed by atoms with Crippen LogP contribution in [0.3, 0.4) is 0 Å². The number of hydrogen-bond acceptors (Lipinski definition) is 4. The van der Waals surface area contributed by atoms with Crippen LogP contribution >= 0.6 is 11.6 Å². The Kier molecular flexibility index (Phi) is 4.50. The van der Waals surface area contributed by atoms with Gasteiger partial charge in [0.25, 0.3) is 5.24 Å². The van der Waals surface area contributed by atoms with Crippen molar-refractivity contribution in [1.29, 1.82) is 0 Å². The lowest BCUT2D eigenvalue weighted by atomic mass is 9.98. The number of ketones is 1. The van der Waals surface area contributed by atoms with Crippen LogP contribution in [0.25, 0.3) is 0 Å². The maximum Gasteiger partial charge on any atom is 0.338 e. The lowest BCUT2D eigenvalue weighted by Crippen LogP contribution is -2.11. The first kappa shape index (κ1) is 14.9. The van der Waals surface area contributed by atoms with Gasteiger partial charge in [-0.05, 0) is 29.8 Å². The van der Waals surface area contributed by atoms with Gasteiger partial charge in [-0.25, -0.2) is 4.79 Å². The second-order valence-electron chi connectivity index (χ2n) is 4.22. The fourth-order valence-electron chi connectivity index (χ4n) is 1.88. The smallest absolute Gasteiger partial charge is 0.338 e. The number of carbonyl (C=O) groups excluding carboxylic acids is 3. The van der Waals surface area contributed by atoms with Crippen LogP contribution in [0, 0.1) is 0 Å². The van der Waals surface area contributed by atoms with E-state index in [-0.39, 0.29) is 16.9 Å². The Balaban J connectivity index is 2.40. The van der Waals surface area contributed by atoms with Crippen LogP contribution in [0.5, 0.6) is 0 Å². The molecule has 0 N–H and O–H groups in total. The standard InChI is InChI=1S/C16H11ClO4/c1-21-16(20)13-5-3-2-4-12(13)14(18)10-6-8-11(9-7-10)15(17)19/h2-9H,1H3. The number of carbonyl (C=O) groups is 3. The summed E-state index contributed by atoms with van der Waals surface area (Å²) in [6.07, 6.45) is 0. The zero-order valence-corrected chi connectivity index (χ0v) is 11.9. The summed E-state index contributed by atoms with van der Waals surface area (Å²) >= 11 is 5.35. The van der Waals surface area contributed by atoms with Crippen LogP contribution in [-0.4, -0.2) is 24.1 Å². The van der Waals surface area contributed by atoms with Crippen molar-refractivity contribution in [2.45, 2.75) is 0 Å². The molecule has 0 aliphatic heterocycles. The Morgan fingerprint density at radius 1 is 0.857 bits per heavy atom. The van der Waals surface area contributed by atoms with Crippen LogP contribution in [0.2, 0.25) is 0 Å². The lowest BCUT2D eigenvalue weighted by Gasteiger charge is -2.07. The van der Waals surface area contributed by atoms with Crippen molar-refractivity contribution in [2.24, 2.45) is 0 Å². The third-order valence-corrected chi connectivity index (χ3v) is 3.17. The summed E-state index contributed by atoms with van der Waals surface area (Å²) in [6, 6.07) is 12.3. The van der Waals surface area contributed by atoms with Gasteiger partial charge in [0.15, 0.2) is 5.78 Å². The molecule has 0 spiro atoms. The topological polar surface area (TPSA) is 60.4 Å². The van der Waals surface area contributed by atoms with Gasteiger partial charge in [-0.1, -0.05) is 30.3 Å². The van der Waals surface area contributed by atoms with E-state index >= 15 is 0 Å². The van der Waals surface area contributed by atoms with E-state index < -0.39 is 11.2 Å². The molecular weight excluding hydrogens is 292 g/mol. The van der Waals surface area contributed by atoms with Gasteiger partial charge in [-0.3, -0.25) is 9.59 Å². The average molecular weight is 303 g/mol. The summed E-state index contributed by atoms with van der Waals surface area (Å²) in [5, 5.41) is -0.594. The van der Waals surface area contributed by atoms with Crippen LogP contribution < -0.4 is 0 Å². The van der Waals surface area contributed by atoms with E-state index in [9.17, 15) is 14.4 Å². The molecule has 106 valence electrons. The Morgan fingerprint density at radius 3 is 1.90 bits per heavy atom. The number of methoxy groups -OCH3 is 1. The molecule has 0 unspecified atom stereocenters. The summed E-state index contributed by atoms with van der Waals surface area (Å²) in [4.78, 5) is 35.1. The molecule has 21 heavy (non-hydrogen) atoms. The third-order valence-electron chi connectivity index (χ3n) is 2.95. The Bertz CT molecular complexity index is 704. The molecule has 0 saturated carbocycles. The van der Waals surface area contributed by atoms with Gasteiger partial charge in [-0.2, -0.15) is 0 Å². The molecule has 4 nitrogen and oxygen atoms in total. The van der Waals surface area contributed by atoms with Gasteiger partial charge in [0.2, 0.25) is 0 Å². The van der Waals surface area contributed by atoms with Crippen LogP contribution in [0.4, 0.5) is 0 Å². The molecule has 0 aliphatic rings. The normalized spacial score (nSPS) is 10.0. The zero-order valence-electron chi connectivity index (χ0n) is 11.1. The highest BCUT2D eigenvalue weighted by molar-refractivity contribution is 6.67. The van der Waals surface area contributed by atoms with Gasteiger partial charge in [0, 0.05) is 16.7 Å². The number of ether oxygens (including phenoxy) is 1. The summed E-state index contributed by atoms with van der Waals surface area (Å²) in [5.41, 5.74) is 1.10. The van der Waals surface area contributed by atoms with Crippen molar-refractivity contribution in [3.8, 4) is 0 Å². The molecule has 2 aromatic carbocycles. The van der Waals surface area contributed by atoms with E-state index in [1.807, 2.05) is 0 Å². The van der Waals surface area contributed by atoms with Crippen molar-refractivity contribution < 1.29 is 19.1 Å². The van der Waals surface area contributed by atoms with E-state index in [1.54, 1.807) is 18.2 Å². The highest BCUT2D eigenvalue weighted by Gasteiger charge is 2.18. The molecular formula is C16H11ClO4. The minimum atomic E-state index is -0.594. The molecule has 0 saturated heterocycles. The predicted molar refractivity (Wildman–Crippen MR) is 77.8 cm³/mol. The summed E-state index contributed by atoms with van der Waals surface area (Å²) < 4.78 is 4.66. The van der Waals surface area contributed by atoms with E-state index in [0.29, 0.717) is 11.1 Å². The van der Waals surface area contributed by atoms with Gasteiger partial charge in [0.1, 0.15) is 0 Å². The summed E-state index contributed by atoms with van der Waals surface area (Å²) in [5.74, 6) is -0.906. The Labute approximate surface area is 126 Å². The third kappa shape index (κ3) is 3.17. The molecule has 0 aliphatic carbocycles. The van der Waals surface area contributed by atoms with Crippen LogP contribution in [0.15, 0.2) is 48.5 Å². The van der Waals surface area contributed by atoms with Gasteiger partial charge < -0.3 is 4.74 Å². The largest absolute Gasteiger partial charge is 0.465 e. The van der Waals surface area contributed by atoms with Gasteiger partial charge in [0.05, 0.1) is 12.7 Å². The maximum absolute atomic E-state index is 12.4. The maximum atomic E-state index is 12.4. The predicted octanol–water partition coefficient (Wildman–Crippen LogP) is 3.08. The molecule has 0 radical (unpaired) electrons. The fraction of sp³-hybridized carbons (Fsp3) is 0.0625. The van der Waals surface area contributed by atoms with Crippen molar-refractivity contribution in [2.75, 3.05) is 7.11 Å². The highest BCUT2D eigenvalue weighted by atomic mass is 35.5. The number of halogens is 1.